The molecule has 0 aliphatic carbocycles. The molecule has 0 aromatic heterocycles. The summed E-state index contributed by atoms with van der Waals surface area (Å²) in [4.78, 5) is 24.4. The number of anilines is 2. The lowest BCUT2D eigenvalue weighted by Gasteiger charge is -2.24. The first-order chi connectivity index (χ1) is 12.3. The Morgan fingerprint density at radius 2 is 1.92 bits per heavy atom. The number of carbonyl (C=O) groups is 2. The van der Waals surface area contributed by atoms with E-state index in [0.717, 1.165) is 6.07 Å². The van der Waals surface area contributed by atoms with E-state index in [2.05, 4.69) is 20.1 Å². The van der Waals surface area contributed by atoms with Crippen LogP contribution in [0.2, 0.25) is 0 Å². The molecule has 2 aromatic rings. The SMILES string of the molecule is O=C1CC(C(=O)Nc2ccc3c(c2)OC(F)(F)O3)c2ccc(F)cc2N1. The molecule has 6 nitrogen and oxygen atoms in total. The van der Waals surface area contributed by atoms with Crippen LogP contribution in [0.25, 0.3) is 0 Å². The lowest BCUT2D eigenvalue weighted by atomic mass is 9.89. The van der Waals surface area contributed by atoms with Crippen molar-refractivity contribution in [1.29, 1.82) is 0 Å². The van der Waals surface area contributed by atoms with Crippen molar-refractivity contribution < 1.29 is 32.2 Å². The van der Waals surface area contributed by atoms with Crippen LogP contribution in [0.4, 0.5) is 24.5 Å². The molecular weight excluding hydrogens is 353 g/mol. The van der Waals surface area contributed by atoms with E-state index in [4.69, 9.17) is 0 Å². The van der Waals surface area contributed by atoms with Gasteiger partial charge in [-0.25, -0.2) is 4.39 Å². The van der Waals surface area contributed by atoms with E-state index >= 15 is 0 Å². The van der Waals surface area contributed by atoms with Gasteiger partial charge in [0, 0.05) is 23.9 Å². The Hall–Kier alpha value is -3.23. The van der Waals surface area contributed by atoms with Crippen molar-refractivity contribution in [1.82, 2.24) is 0 Å². The van der Waals surface area contributed by atoms with Crippen molar-refractivity contribution >= 4 is 23.2 Å². The van der Waals surface area contributed by atoms with Gasteiger partial charge in [-0.2, -0.15) is 0 Å². The molecule has 1 atom stereocenters. The van der Waals surface area contributed by atoms with Gasteiger partial charge in [-0.1, -0.05) is 6.07 Å². The molecule has 2 aromatic carbocycles. The number of rotatable bonds is 2. The smallest absolute Gasteiger partial charge is 0.395 e. The first-order valence-electron chi connectivity index (χ1n) is 7.61. The van der Waals surface area contributed by atoms with Crippen LogP contribution in [-0.4, -0.2) is 18.1 Å². The Morgan fingerprint density at radius 3 is 2.73 bits per heavy atom. The fourth-order valence-electron chi connectivity index (χ4n) is 2.93. The highest BCUT2D eigenvalue weighted by Crippen LogP contribution is 2.42. The fourth-order valence-corrected chi connectivity index (χ4v) is 2.93. The minimum absolute atomic E-state index is 0.118. The lowest BCUT2D eigenvalue weighted by Crippen LogP contribution is -2.30. The summed E-state index contributed by atoms with van der Waals surface area (Å²) in [6.45, 7) is 0. The summed E-state index contributed by atoms with van der Waals surface area (Å²) in [6.07, 6.45) is -3.87. The zero-order chi connectivity index (χ0) is 18.5. The van der Waals surface area contributed by atoms with Crippen LogP contribution in [0, 0.1) is 5.82 Å². The zero-order valence-electron chi connectivity index (χ0n) is 13.0. The van der Waals surface area contributed by atoms with E-state index in [9.17, 15) is 22.8 Å². The summed E-state index contributed by atoms with van der Waals surface area (Å²) >= 11 is 0. The maximum Gasteiger partial charge on any atom is 0.586 e. The Kier molecular flexibility index (Phi) is 3.53. The molecule has 0 radical (unpaired) electrons. The van der Waals surface area contributed by atoms with Gasteiger partial charge in [-0.15, -0.1) is 8.78 Å². The number of hydrogen-bond donors (Lipinski definition) is 2. The molecule has 0 fully saturated rings. The number of hydrogen-bond acceptors (Lipinski definition) is 4. The van der Waals surface area contributed by atoms with Crippen LogP contribution in [-0.2, 0) is 9.59 Å². The van der Waals surface area contributed by atoms with Gasteiger partial charge in [-0.3, -0.25) is 9.59 Å². The van der Waals surface area contributed by atoms with Gasteiger partial charge < -0.3 is 20.1 Å². The quantitative estimate of drug-likeness (QED) is 0.858. The van der Waals surface area contributed by atoms with Crippen LogP contribution in [0.3, 0.4) is 0 Å². The highest BCUT2D eigenvalue weighted by atomic mass is 19.3. The normalized spacial score (nSPS) is 19.5. The molecule has 2 aliphatic rings. The third-order valence-electron chi connectivity index (χ3n) is 4.04. The first kappa shape index (κ1) is 16.2. The van der Waals surface area contributed by atoms with E-state index in [1.165, 1.54) is 30.3 Å². The van der Waals surface area contributed by atoms with E-state index in [0.29, 0.717) is 5.56 Å². The molecule has 0 saturated heterocycles. The minimum atomic E-state index is -3.75. The number of ether oxygens (including phenoxy) is 2. The Balaban J connectivity index is 1.57. The molecule has 2 N–H and O–H groups in total. The van der Waals surface area contributed by atoms with E-state index in [1.54, 1.807) is 0 Å². The summed E-state index contributed by atoms with van der Waals surface area (Å²) in [7, 11) is 0. The van der Waals surface area contributed by atoms with Crippen LogP contribution in [0.5, 0.6) is 11.5 Å². The van der Waals surface area contributed by atoms with Gasteiger partial charge >= 0.3 is 6.29 Å². The summed E-state index contributed by atoms with van der Waals surface area (Å²) in [5.41, 5.74) is 0.896. The second-order valence-electron chi connectivity index (χ2n) is 5.85. The average Bonchev–Trinajstić information content (AvgIpc) is 2.86. The average molecular weight is 364 g/mol. The Labute approximate surface area is 144 Å². The third-order valence-corrected chi connectivity index (χ3v) is 4.04. The van der Waals surface area contributed by atoms with E-state index in [1.807, 2.05) is 0 Å². The van der Waals surface area contributed by atoms with Crippen molar-refractivity contribution in [2.45, 2.75) is 18.6 Å². The molecule has 134 valence electrons. The summed E-state index contributed by atoms with van der Waals surface area (Å²) in [6, 6.07) is 7.56. The van der Waals surface area contributed by atoms with Gasteiger partial charge in [-0.05, 0) is 29.8 Å². The number of halogens is 3. The number of carbonyl (C=O) groups excluding carboxylic acids is 2. The van der Waals surface area contributed by atoms with Gasteiger partial charge in [0.05, 0.1) is 5.92 Å². The lowest BCUT2D eigenvalue weighted by molar-refractivity contribution is -0.286. The first-order valence-corrected chi connectivity index (χ1v) is 7.61. The van der Waals surface area contributed by atoms with Gasteiger partial charge in [0.25, 0.3) is 0 Å². The fraction of sp³-hybridized carbons (Fsp3) is 0.176. The zero-order valence-corrected chi connectivity index (χ0v) is 13.0. The second-order valence-corrected chi connectivity index (χ2v) is 5.85. The Bertz CT molecular complexity index is 932. The number of alkyl halides is 2. The summed E-state index contributed by atoms with van der Waals surface area (Å²) < 4.78 is 48.1. The molecule has 0 spiro atoms. The maximum absolute atomic E-state index is 13.3. The number of nitrogens with one attached hydrogen (secondary N) is 2. The van der Waals surface area contributed by atoms with Gasteiger partial charge in [0.2, 0.25) is 11.8 Å². The maximum atomic E-state index is 13.3. The molecular formula is C17H11F3N2O4. The van der Waals surface area contributed by atoms with E-state index in [-0.39, 0.29) is 29.3 Å². The third kappa shape index (κ3) is 2.92. The monoisotopic (exact) mass is 364 g/mol. The summed E-state index contributed by atoms with van der Waals surface area (Å²) in [5.74, 6) is -2.69. The predicted molar refractivity (Wildman–Crippen MR) is 83.7 cm³/mol. The molecule has 2 aliphatic heterocycles. The summed E-state index contributed by atoms with van der Waals surface area (Å²) in [5, 5.41) is 5.07. The molecule has 0 saturated carbocycles. The van der Waals surface area contributed by atoms with Gasteiger partial charge in [0.1, 0.15) is 5.82 Å². The predicted octanol–water partition coefficient (Wildman–Crippen LogP) is 3.21. The number of amides is 2. The van der Waals surface area contributed by atoms with Crippen LogP contribution >= 0.6 is 0 Å². The highest BCUT2D eigenvalue weighted by Gasteiger charge is 2.43. The molecule has 4 rings (SSSR count). The van der Waals surface area contributed by atoms with Crippen LogP contribution in [0.15, 0.2) is 36.4 Å². The molecule has 26 heavy (non-hydrogen) atoms. The van der Waals surface area contributed by atoms with Crippen molar-refractivity contribution in [3.63, 3.8) is 0 Å². The van der Waals surface area contributed by atoms with Crippen molar-refractivity contribution in [2.75, 3.05) is 10.6 Å². The molecule has 0 bridgehead atoms. The molecule has 2 amide bonds. The second kappa shape index (κ2) is 5.65. The standard InChI is InChI=1S/C17H11F3N2O4/c18-8-1-3-10-11(7-15(23)22-12(10)5-8)16(24)21-9-2-4-13-14(6-9)26-17(19,20)25-13/h1-6,11H,7H2,(H,21,24)(H,22,23). The highest BCUT2D eigenvalue weighted by molar-refractivity contribution is 6.05. The number of benzene rings is 2. The molecule has 2 heterocycles. The minimum Gasteiger partial charge on any atom is -0.395 e. The number of fused-ring (bicyclic) bond motifs is 2. The molecule has 9 heteroatoms. The van der Waals surface area contributed by atoms with Crippen molar-refractivity contribution in [3.05, 3.63) is 47.8 Å². The van der Waals surface area contributed by atoms with Crippen molar-refractivity contribution in [3.8, 4) is 11.5 Å². The van der Waals surface area contributed by atoms with Gasteiger partial charge in [0.15, 0.2) is 11.5 Å². The van der Waals surface area contributed by atoms with E-state index < -0.39 is 29.8 Å². The topological polar surface area (TPSA) is 76.7 Å². The van der Waals surface area contributed by atoms with Crippen LogP contribution in [0.1, 0.15) is 17.9 Å². The molecule has 1 unspecified atom stereocenters. The van der Waals surface area contributed by atoms with Crippen LogP contribution < -0.4 is 20.1 Å². The Morgan fingerprint density at radius 1 is 1.15 bits per heavy atom. The van der Waals surface area contributed by atoms with Crippen molar-refractivity contribution in [2.24, 2.45) is 0 Å². The largest absolute Gasteiger partial charge is 0.586 e.